The molecule has 3 aromatic heterocycles. The lowest BCUT2D eigenvalue weighted by Gasteiger charge is -2.20. The number of imidazole rings is 1. The molecule has 0 spiro atoms. The SMILES string of the molecule is CCN(Cc1ccc(Cl)s1)C(=O)NCCc1cn2ccccc2n1. The normalized spacial score (nSPS) is 10.9. The predicted octanol–water partition coefficient (Wildman–Crippen LogP) is 3.82. The maximum Gasteiger partial charge on any atom is 0.317 e. The monoisotopic (exact) mass is 362 g/mol. The van der Waals surface area contributed by atoms with Crippen LogP contribution < -0.4 is 5.32 Å². The first-order valence-corrected chi connectivity index (χ1v) is 9.04. The first-order valence-electron chi connectivity index (χ1n) is 7.85. The number of nitrogens with zero attached hydrogens (tertiary/aromatic N) is 3. The van der Waals surface area contributed by atoms with Gasteiger partial charge in [-0.05, 0) is 31.2 Å². The molecule has 3 heterocycles. The number of aromatic nitrogens is 2. The Kier molecular flexibility index (Phi) is 5.37. The van der Waals surface area contributed by atoms with E-state index in [0.29, 0.717) is 26.1 Å². The summed E-state index contributed by atoms with van der Waals surface area (Å²) < 4.78 is 2.73. The van der Waals surface area contributed by atoms with E-state index in [9.17, 15) is 4.79 Å². The molecule has 0 aliphatic heterocycles. The van der Waals surface area contributed by atoms with Crippen LogP contribution in [0.25, 0.3) is 5.65 Å². The Bertz CT molecular complexity index is 796. The van der Waals surface area contributed by atoms with Gasteiger partial charge in [-0.3, -0.25) is 0 Å². The van der Waals surface area contributed by atoms with Crippen molar-refractivity contribution in [3.63, 3.8) is 0 Å². The molecule has 0 bridgehead atoms. The van der Waals surface area contributed by atoms with Crippen molar-refractivity contribution in [2.24, 2.45) is 0 Å². The molecule has 3 rings (SSSR count). The van der Waals surface area contributed by atoms with Crippen LogP contribution in [0.3, 0.4) is 0 Å². The Morgan fingerprint density at radius 2 is 2.25 bits per heavy atom. The van der Waals surface area contributed by atoms with E-state index in [1.54, 1.807) is 4.90 Å². The fourth-order valence-corrected chi connectivity index (χ4v) is 3.57. The molecule has 0 aliphatic rings. The Hall–Kier alpha value is -2.05. The van der Waals surface area contributed by atoms with Gasteiger partial charge >= 0.3 is 6.03 Å². The number of nitrogens with one attached hydrogen (secondary N) is 1. The van der Waals surface area contributed by atoms with Crippen molar-refractivity contribution in [1.29, 1.82) is 0 Å². The van der Waals surface area contributed by atoms with Crippen LogP contribution in [-0.4, -0.2) is 33.4 Å². The molecule has 0 radical (unpaired) electrons. The molecule has 5 nitrogen and oxygen atoms in total. The number of rotatable bonds is 6. The fourth-order valence-electron chi connectivity index (χ4n) is 2.47. The highest BCUT2D eigenvalue weighted by atomic mass is 35.5. The number of halogens is 1. The standard InChI is InChI=1S/C17H19ClN4OS/c1-2-21(12-14-6-7-15(18)24-14)17(23)19-9-8-13-11-22-10-4-3-5-16(22)20-13/h3-7,10-11H,2,8-9,12H2,1H3,(H,19,23). The minimum absolute atomic E-state index is 0.0641. The third-order valence-corrected chi connectivity index (χ3v) is 4.93. The highest BCUT2D eigenvalue weighted by Gasteiger charge is 2.13. The van der Waals surface area contributed by atoms with Crippen molar-refractivity contribution in [2.75, 3.05) is 13.1 Å². The number of hydrogen-bond acceptors (Lipinski definition) is 3. The lowest BCUT2D eigenvalue weighted by Crippen LogP contribution is -2.40. The van der Waals surface area contributed by atoms with E-state index in [0.717, 1.165) is 20.6 Å². The maximum atomic E-state index is 12.3. The van der Waals surface area contributed by atoms with Crippen LogP contribution in [0.5, 0.6) is 0 Å². The second kappa shape index (κ2) is 7.68. The van der Waals surface area contributed by atoms with Gasteiger partial charge in [0.1, 0.15) is 5.65 Å². The van der Waals surface area contributed by atoms with Crippen LogP contribution in [-0.2, 0) is 13.0 Å². The van der Waals surface area contributed by atoms with Gasteiger partial charge in [0.05, 0.1) is 16.6 Å². The summed E-state index contributed by atoms with van der Waals surface area (Å²) in [7, 11) is 0. The van der Waals surface area contributed by atoms with Gasteiger partial charge in [-0.2, -0.15) is 0 Å². The molecule has 0 fully saturated rings. The highest BCUT2D eigenvalue weighted by Crippen LogP contribution is 2.22. The van der Waals surface area contributed by atoms with Crippen LogP contribution in [0, 0.1) is 0 Å². The number of pyridine rings is 1. The smallest absolute Gasteiger partial charge is 0.317 e. The highest BCUT2D eigenvalue weighted by molar-refractivity contribution is 7.16. The predicted molar refractivity (Wildman–Crippen MR) is 97.7 cm³/mol. The van der Waals surface area contributed by atoms with E-state index in [1.165, 1.54) is 11.3 Å². The Morgan fingerprint density at radius 1 is 1.38 bits per heavy atom. The summed E-state index contributed by atoms with van der Waals surface area (Å²) in [6.07, 6.45) is 4.66. The molecule has 1 N–H and O–H groups in total. The lowest BCUT2D eigenvalue weighted by atomic mass is 10.3. The number of carbonyl (C=O) groups is 1. The molecule has 2 amide bonds. The van der Waals surface area contributed by atoms with E-state index in [-0.39, 0.29) is 6.03 Å². The summed E-state index contributed by atoms with van der Waals surface area (Å²) in [6.45, 7) is 3.76. The first-order chi connectivity index (χ1) is 11.7. The molecular formula is C17H19ClN4OS. The van der Waals surface area contributed by atoms with Crippen LogP contribution >= 0.6 is 22.9 Å². The van der Waals surface area contributed by atoms with Crippen molar-refractivity contribution in [2.45, 2.75) is 19.9 Å². The van der Waals surface area contributed by atoms with Gasteiger partial charge in [0.15, 0.2) is 0 Å². The Labute approximate surface area is 149 Å². The van der Waals surface area contributed by atoms with Crippen molar-refractivity contribution in [1.82, 2.24) is 19.6 Å². The molecular weight excluding hydrogens is 344 g/mol. The minimum Gasteiger partial charge on any atom is -0.338 e. The van der Waals surface area contributed by atoms with Crippen LogP contribution in [0.15, 0.2) is 42.7 Å². The van der Waals surface area contributed by atoms with E-state index in [4.69, 9.17) is 11.6 Å². The summed E-state index contributed by atoms with van der Waals surface area (Å²) in [5.41, 5.74) is 1.89. The maximum absolute atomic E-state index is 12.3. The van der Waals surface area contributed by atoms with Gasteiger partial charge in [-0.1, -0.05) is 17.7 Å². The van der Waals surface area contributed by atoms with Gasteiger partial charge in [0.2, 0.25) is 0 Å². The van der Waals surface area contributed by atoms with E-state index in [2.05, 4.69) is 10.3 Å². The molecule has 0 atom stereocenters. The average Bonchev–Trinajstić information content (AvgIpc) is 3.17. The third kappa shape index (κ3) is 4.07. The van der Waals surface area contributed by atoms with E-state index in [1.807, 2.05) is 54.0 Å². The number of amides is 2. The fraction of sp³-hybridized carbons (Fsp3) is 0.294. The van der Waals surface area contributed by atoms with Crippen molar-refractivity contribution < 1.29 is 4.79 Å². The summed E-state index contributed by atoms with van der Waals surface area (Å²) >= 11 is 7.45. The second-order valence-corrected chi connectivity index (χ2v) is 7.20. The van der Waals surface area contributed by atoms with Crippen LogP contribution in [0.2, 0.25) is 4.34 Å². The molecule has 0 saturated carbocycles. The van der Waals surface area contributed by atoms with Crippen molar-refractivity contribution in [3.05, 3.63) is 57.6 Å². The Morgan fingerprint density at radius 3 is 2.96 bits per heavy atom. The second-order valence-electron chi connectivity index (χ2n) is 5.40. The summed E-state index contributed by atoms with van der Waals surface area (Å²) in [4.78, 5) is 19.7. The zero-order valence-corrected chi connectivity index (χ0v) is 15.0. The Balaban J connectivity index is 1.51. The lowest BCUT2D eigenvalue weighted by molar-refractivity contribution is 0.199. The first kappa shape index (κ1) is 16.8. The molecule has 3 aromatic rings. The summed E-state index contributed by atoms with van der Waals surface area (Å²) in [5.74, 6) is 0. The topological polar surface area (TPSA) is 49.6 Å². The molecule has 0 unspecified atom stereocenters. The number of thiophene rings is 1. The molecule has 0 aliphatic carbocycles. The van der Waals surface area contributed by atoms with Gasteiger partial charge in [-0.25, -0.2) is 9.78 Å². The van der Waals surface area contributed by atoms with Crippen LogP contribution in [0.1, 0.15) is 17.5 Å². The number of carbonyl (C=O) groups excluding carboxylic acids is 1. The zero-order valence-electron chi connectivity index (χ0n) is 13.4. The van der Waals surface area contributed by atoms with Crippen molar-refractivity contribution >= 4 is 34.6 Å². The average molecular weight is 363 g/mol. The minimum atomic E-state index is -0.0641. The van der Waals surface area contributed by atoms with Crippen molar-refractivity contribution in [3.8, 4) is 0 Å². The molecule has 7 heteroatoms. The number of hydrogen-bond donors (Lipinski definition) is 1. The third-order valence-electron chi connectivity index (χ3n) is 3.72. The van der Waals surface area contributed by atoms with Gasteiger partial charge < -0.3 is 14.6 Å². The quantitative estimate of drug-likeness (QED) is 0.724. The number of urea groups is 1. The number of fused-ring (bicyclic) bond motifs is 1. The van der Waals surface area contributed by atoms with E-state index < -0.39 is 0 Å². The summed E-state index contributed by atoms with van der Waals surface area (Å²) in [5, 5.41) is 2.96. The molecule has 0 saturated heterocycles. The van der Waals surface area contributed by atoms with Crippen LogP contribution in [0.4, 0.5) is 4.79 Å². The van der Waals surface area contributed by atoms with E-state index >= 15 is 0 Å². The molecule has 0 aromatic carbocycles. The molecule has 24 heavy (non-hydrogen) atoms. The van der Waals surface area contributed by atoms with Gasteiger partial charge in [-0.15, -0.1) is 11.3 Å². The molecule has 126 valence electrons. The largest absolute Gasteiger partial charge is 0.338 e. The van der Waals surface area contributed by atoms with Gasteiger partial charge in [0, 0.05) is 36.8 Å². The summed E-state index contributed by atoms with van der Waals surface area (Å²) in [6, 6.07) is 9.65. The van der Waals surface area contributed by atoms with Gasteiger partial charge in [0.25, 0.3) is 0 Å². The zero-order chi connectivity index (χ0) is 16.9.